The Hall–Kier alpha value is -3.12. The molecule has 0 aliphatic carbocycles. The number of nitrogens with zero attached hydrogens (tertiary/aromatic N) is 2. The maximum atomic E-state index is 12.7. The lowest BCUT2D eigenvalue weighted by Crippen LogP contribution is -2.34. The quantitative estimate of drug-likeness (QED) is 0.482. The van der Waals surface area contributed by atoms with Gasteiger partial charge in [0, 0.05) is 38.4 Å². The van der Waals surface area contributed by atoms with E-state index in [2.05, 4.69) is 0 Å². The van der Waals surface area contributed by atoms with E-state index in [0.717, 1.165) is 11.3 Å². The van der Waals surface area contributed by atoms with E-state index >= 15 is 0 Å². The number of hydrogen-bond acceptors (Lipinski definition) is 5. The molecule has 2 aromatic rings. The summed E-state index contributed by atoms with van der Waals surface area (Å²) in [6.07, 6.45) is 0. The van der Waals surface area contributed by atoms with Gasteiger partial charge in [-0.15, -0.1) is 0 Å². The number of benzene rings is 2. The summed E-state index contributed by atoms with van der Waals surface area (Å²) >= 11 is 0. The number of aliphatic hydroxyl groups is 1. The molecule has 27 heavy (non-hydrogen) atoms. The third kappa shape index (κ3) is 3.44. The summed E-state index contributed by atoms with van der Waals surface area (Å²) in [6, 6.07) is 15.7. The number of rotatable bonds is 5. The van der Waals surface area contributed by atoms with Crippen molar-refractivity contribution in [3.63, 3.8) is 0 Å². The van der Waals surface area contributed by atoms with Crippen LogP contribution in [0.4, 0.5) is 5.69 Å². The van der Waals surface area contributed by atoms with Crippen LogP contribution in [0.15, 0.2) is 60.2 Å². The topological polar surface area (TPSA) is 86.9 Å². The molecule has 1 unspecified atom stereocenters. The predicted molar refractivity (Wildman–Crippen MR) is 105 cm³/mol. The first-order chi connectivity index (χ1) is 13.0. The fraction of sp³-hybridized carbons (Fsp3) is 0.238. The zero-order chi connectivity index (χ0) is 19.6. The Kier molecular flexibility index (Phi) is 5.28. The standard InChI is InChI=1S/C21H23N3O3/c1-23(2)16-10-8-14(9-11-16)18-17(19(25)15-6-4-3-5-7-15)20(26)21(27)24(18)13-12-22/h3-11,18,25H,12-13,22H2,1-2H3/b19-17+. The fourth-order valence-electron chi connectivity index (χ4n) is 3.30. The van der Waals surface area contributed by atoms with Crippen molar-refractivity contribution in [2.75, 3.05) is 32.1 Å². The number of nitrogens with two attached hydrogens (primary N) is 1. The number of ketones is 1. The second kappa shape index (κ2) is 7.63. The Labute approximate surface area is 158 Å². The van der Waals surface area contributed by atoms with Crippen molar-refractivity contribution in [3.8, 4) is 0 Å². The van der Waals surface area contributed by atoms with Crippen molar-refractivity contribution < 1.29 is 14.7 Å². The Bertz CT molecular complexity index is 873. The molecule has 1 saturated heterocycles. The van der Waals surface area contributed by atoms with Gasteiger partial charge in [0.15, 0.2) is 0 Å². The van der Waals surface area contributed by atoms with Crippen molar-refractivity contribution >= 4 is 23.1 Å². The molecule has 0 spiro atoms. The zero-order valence-electron chi connectivity index (χ0n) is 15.4. The van der Waals surface area contributed by atoms with E-state index in [1.807, 2.05) is 49.3 Å². The van der Waals surface area contributed by atoms with E-state index in [0.29, 0.717) is 5.56 Å². The molecule has 1 aliphatic heterocycles. The molecule has 0 saturated carbocycles. The van der Waals surface area contributed by atoms with Crippen LogP contribution in [0.3, 0.4) is 0 Å². The van der Waals surface area contributed by atoms with Crippen molar-refractivity contribution in [2.45, 2.75) is 6.04 Å². The van der Waals surface area contributed by atoms with Crippen LogP contribution in [0.2, 0.25) is 0 Å². The van der Waals surface area contributed by atoms with E-state index in [1.165, 1.54) is 4.90 Å². The molecule has 1 atom stereocenters. The monoisotopic (exact) mass is 365 g/mol. The van der Waals surface area contributed by atoms with Crippen LogP contribution in [0.5, 0.6) is 0 Å². The molecule has 140 valence electrons. The number of hydrogen-bond donors (Lipinski definition) is 2. The van der Waals surface area contributed by atoms with Gasteiger partial charge in [0.2, 0.25) is 0 Å². The van der Waals surface area contributed by atoms with Gasteiger partial charge in [-0.05, 0) is 17.7 Å². The normalized spacial score (nSPS) is 18.8. The van der Waals surface area contributed by atoms with Gasteiger partial charge >= 0.3 is 0 Å². The summed E-state index contributed by atoms with van der Waals surface area (Å²) in [5.74, 6) is -1.50. The van der Waals surface area contributed by atoms with Gasteiger partial charge in [0.1, 0.15) is 5.76 Å². The molecule has 2 aromatic carbocycles. The van der Waals surface area contributed by atoms with Gasteiger partial charge in [-0.25, -0.2) is 0 Å². The number of carbonyl (C=O) groups is 2. The van der Waals surface area contributed by atoms with Gasteiger partial charge in [0.25, 0.3) is 11.7 Å². The summed E-state index contributed by atoms with van der Waals surface area (Å²) in [5, 5.41) is 10.8. The molecule has 0 aromatic heterocycles. The molecule has 6 nitrogen and oxygen atoms in total. The van der Waals surface area contributed by atoms with Crippen LogP contribution in [0.25, 0.3) is 5.76 Å². The Morgan fingerprint density at radius 3 is 2.26 bits per heavy atom. The molecule has 0 bridgehead atoms. The van der Waals surface area contributed by atoms with Crippen LogP contribution in [0.1, 0.15) is 17.2 Å². The highest BCUT2D eigenvalue weighted by Crippen LogP contribution is 2.39. The minimum absolute atomic E-state index is 0.0947. The van der Waals surface area contributed by atoms with Crippen molar-refractivity contribution in [1.29, 1.82) is 0 Å². The van der Waals surface area contributed by atoms with Crippen molar-refractivity contribution in [1.82, 2.24) is 4.90 Å². The van der Waals surface area contributed by atoms with E-state index in [9.17, 15) is 14.7 Å². The molecular weight excluding hydrogens is 342 g/mol. The summed E-state index contributed by atoms with van der Waals surface area (Å²) in [7, 11) is 3.87. The van der Waals surface area contributed by atoms with E-state index < -0.39 is 17.7 Å². The summed E-state index contributed by atoms with van der Waals surface area (Å²) in [5.41, 5.74) is 8.01. The number of amides is 1. The highest BCUT2D eigenvalue weighted by molar-refractivity contribution is 6.46. The molecule has 1 fully saturated rings. The first kappa shape index (κ1) is 18.7. The smallest absolute Gasteiger partial charge is 0.295 e. The Morgan fingerprint density at radius 1 is 1.07 bits per heavy atom. The highest BCUT2D eigenvalue weighted by atomic mass is 16.3. The second-order valence-electron chi connectivity index (χ2n) is 6.63. The first-order valence-electron chi connectivity index (χ1n) is 8.77. The van der Waals surface area contributed by atoms with Gasteiger partial charge in [-0.2, -0.15) is 0 Å². The van der Waals surface area contributed by atoms with Crippen LogP contribution < -0.4 is 10.6 Å². The number of anilines is 1. The van der Waals surface area contributed by atoms with Crippen molar-refractivity contribution in [3.05, 3.63) is 71.3 Å². The number of Topliss-reactive ketones (excluding diaryl/α,β-unsaturated/α-hetero) is 1. The molecule has 0 radical (unpaired) electrons. The average molecular weight is 365 g/mol. The van der Waals surface area contributed by atoms with Crippen LogP contribution in [0, 0.1) is 0 Å². The lowest BCUT2D eigenvalue weighted by molar-refractivity contribution is -0.139. The van der Waals surface area contributed by atoms with Gasteiger partial charge in [0.05, 0.1) is 11.6 Å². The third-order valence-electron chi connectivity index (χ3n) is 4.68. The number of carbonyl (C=O) groups excluding carboxylic acids is 2. The molecular formula is C21H23N3O3. The Balaban J connectivity index is 2.14. The van der Waals surface area contributed by atoms with E-state index in [1.54, 1.807) is 24.3 Å². The van der Waals surface area contributed by atoms with Gasteiger partial charge < -0.3 is 20.6 Å². The number of aliphatic hydroxyl groups excluding tert-OH is 1. The Morgan fingerprint density at radius 2 is 1.70 bits per heavy atom. The lowest BCUT2D eigenvalue weighted by Gasteiger charge is -2.25. The molecule has 1 heterocycles. The average Bonchev–Trinajstić information content (AvgIpc) is 2.93. The third-order valence-corrected chi connectivity index (χ3v) is 4.68. The van der Waals surface area contributed by atoms with Crippen LogP contribution >= 0.6 is 0 Å². The molecule has 3 N–H and O–H groups in total. The molecule has 1 aliphatic rings. The van der Waals surface area contributed by atoms with Crippen LogP contribution in [-0.2, 0) is 9.59 Å². The minimum atomic E-state index is -0.688. The maximum absolute atomic E-state index is 12.7. The van der Waals surface area contributed by atoms with Gasteiger partial charge in [-0.1, -0.05) is 42.5 Å². The highest BCUT2D eigenvalue weighted by Gasteiger charge is 2.45. The van der Waals surface area contributed by atoms with Gasteiger partial charge in [-0.3, -0.25) is 9.59 Å². The summed E-state index contributed by atoms with van der Waals surface area (Å²) in [4.78, 5) is 28.7. The lowest BCUT2D eigenvalue weighted by atomic mass is 9.95. The maximum Gasteiger partial charge on any atom is 0.295 e. The predicted octanol–water partition coefficient (Wildman–Crippen LogP) is 2.13. The fourth-order valence-corrected chi connectivity index (χ4v) is 3.30. The molecule has 6 heteroatoms. The van der Waals surface area contributed by atoms with Crippen LogP contribution in [-0.4, -0.2) is 48.9 Å². The zero-order valence-corrected chi connectivity index (χ0v) is 15.4. The molecule has 1 amide bonds. The van der Waals surface area contributed by atoms with E-state index in [4.69, 9.17) is 5.73 Å². The SMILES string of the molecule is CN(C)c1ccc(C2/C(=C(\O)c3ccccc3)C(=O)C(=O)N2CCN)cc1. The molecule has 3 rings (SSSR count). The van der Waals surface area contributed by atoms with Crippen molar-refractivity contribution in [2.24, 2.45) is 5.73 Å². The largest absolute Gasteiger partial charge is 0.507 e. The first-order valence-corrected chi connectivity index (χ1v) is 8.77. The number of likely N-dealkylation sites (tertiary alicyclic amines) is 1. The summed E-state index contributed by atoms with van der Waals surface area (Å²) in [6.45, 7) is 0.459. The minimum Gasteiger partial charge on any atom is -0.507 e. The van der Waals surface area contributed by atoms with E-state index in [-0.39, 0.29) is 24.4 Å². The summed E-state index contributed by atoms with van der Waals surface area (Å²) < 4.78 is 0. The second-order valence-corrected chi connectivity index (χ2v) is 6.63.